The molecule has 0 saturated carbocycles. The topological polar surface area (TPSA) is 37.3 Å². The SMILES string of the molecule is CCCCCSCC/C=C/CCCCCCCC(=O)O. The zero-order chi connectivity index (χ0) is 14.9. The first kappa shape index (κ1) is 19.6. The zero-order valence-electron chi connectivity index (χ0n) is 13.1. The smallest absolute Gasteiger partial charge is 0.303 e. The van der Waals surface area contributed by atoms with E-state index in [0.717, 1.165) is 12.8 Å². The number of allylic oxidation sites excluding steroid dienone is 2. The summed E-state index contributed by atoms with van der Waals surface area (Å²) in [6.07, 6.45) is 16.9. The molecule has 20 heavy (non-hydrogen) atoms. The fraction of sp³-hybridized carbons (Fsp3) is 0.824. The van der Waals surface area contributed by atoms with Crippen LogP contribution in [0.15, 0.2) is 12.2 Å². The van der Waals surface area contributed by atoms with Crippen molar-refractivity contribution in [1.82, 2.24) is 0 Å². The van der Waals surface area contributed by atoms with Gasteiger partial charge in [-0.3, -0.25) is 4.79 Å². The number of thioether (sulfide) groups is 1. The highest BCUT2D eigenvalue weighted by molar-refractivity contribution is 7.99. The quantitative estimate of drug-likeness (QED) is 0.313. The Balaban J connectivity index is 3.07. The maximum absolute atomic E-state index is 10.3. The monoisotopic (exact) mass is 300 g/mol. The standard InChI is InChI=1S/C17H32O2S/c1-2-3-12-15-20-16-13-10-8-6-4-5-7-9-11-14-17(18)19/h8,10H,2-7,9,11-16H2,1H3,(H,18,19)/b10-8+. The minimum atomic E-state index is -0.666. The highest BCUT2D eigenvalue weighted by atomic mass is 32.2. The molecule has 0 aromatic heterocycles. The second kappa shape index (κ2) is 16.6. The maximum Gasteiger partial charge on any atom is 0.303 e. The van der Waals surface area contributed by atoms with E-state index in [9.17, 15) is 4.79 Å². The number of carboxylic acid groups (broad SMARTS) is 1. The molecule has 3 heteroatoms. The number of unbranched alkanes of at least 4 members (excludes halogenated alkanes) is 7. The van der Waals surface area contributed by atoms with Crippen LogP contribution < -0.4 is 0 Å². The Kier molecular flexibility index (Phi) is 16.2. The van der Waals surface area contributed by atoms with Crippen molar-refractivity contribution in [2.24, 2.45) is 0 Å². The van der Waals surface area contributed by atoms with Gasteiger partial charge in [0.1, 0.15) is 0 Å². The summed E-state index contributed by atoms with van der Waals surface area (Å²) in [4.78, 5) is 10.3. The van der Waals surface area contributed by atoms with E-state index in [0.29, 0.717) is 6.42 Å². The predicted octanol–water partition coefficient (Wildman–Crippen LogP) is 5.67. The predicted molar refractivity (Wildman–Crippen MR) is 90.6 cm³/mol. The van der Waals surface area contributed by atoms with E-state index in [1.807, 2.05) is 0 Å². The fourth-order valence-corrected chi connectivity index (χ4v) is 2.93. The average Bonchev–Trinajstić information content (AvgIpc) is 2.43. The minimum absolute atomic E-state index is 0.329. The third-order valence-corrected chi connectivity index (χ3v) is 4.35. The molecule has 0 aromatic carbocycles. The average molecular weight is 301 g/mol. The van der Waals surface area contributed by atoms with Gasteiger partial charge in [0.05, 0.1) is 0 Å². The van der Waals surface area contributed by atoms with Gasteiger partial charge in [-0.2, -0.15) is 11.8 Å². The van der Waals surface area contributed by atoms with Crippen molar-refractivity contribution in [1.29, 1.82) is 0 Å². The molecule has 1 N–H and O–H groups in total. The molecule has 0 amide bonds. The normalized spacial score (nSPS) is 11.2. The number of aliphatic carboxylic acids is 1. The van der Waals surface area contributed by atoms with Gasteiger partial charge >= 0.3 is 5.97 Å². The van der Waals surface area contributed by atoms with Crippen LogP contribution in [0.2, 0.25) is 0 Å². The third kappa shape index (κ3) is 17.6. The maximum atomic E-state index is 10.3. The Hall–Kier alpha value is -0.440. The summed E-state index contributed by atoms with van der Waals surface area (Å²) < 4.78 is 0. The van der Waals surface area contributed by atoms with Gasteiger partial charge in [-0.05, 0) is 43.6 Å². The summed E-state index contributed by atoms with van der Waals surface area (Å²) in [7, 11) is 0. The van der Waals surface area contributed by atoms with Gasteiger partial charge in [0.25, 0.3) is 0 Å². The number of hydrogen-bond acceptors (Lipinski definition) is 2. The molecule has 0 rings (SSSR count). The molecular weight excluding hydrogens is 268 g/mol. The van der Waals surface area contributed by atoms with Crippen molar-refractivity contribution in [2.45, 2.75) is 77.6 Å². The summed E-state index contributed by atoms with van der Waals surface area (Å²) in [5.74, 6) is 1.91. The number of rotatable bonds is 15. The van der Waals surface area contributed by atoms with E-state index < -0.39 is 5.97 Å². The number of hydrogen-bond donors (Lipinski definition) is 1. The molecule has 0 radical (unpaired) electrons. The summed E-state index contributed by atoms with van der Waals surface area (Å²) in [5.41, 5.74) is 0. The van der Waals surface area contributed by atoms with Gasteiger partial charge in [-0.25, -0.2) is 0 Å². The third-order valence-electron chi connectivity index (χ3n) is 3.25. The van der Waals surface area contributed by atoms with Gasteiger partial charge in [0.15, 0.2) is 0 Å². The van der Waals surface area contributed by atoms with Crippen LogP contribution in [-0.4, -0.2) is 22.6 Å². The fourth-order valence-electron chi connectivity index (χ4n) is 2.01. The molecule has 0 atom stereocenters. The van der Waals surface area contributed by atoms with Gasteiger partial charge in [0, 0.05) is 6.42 Å². The highest BCUT2D eigenvalue weighted by Gasteiger charge is 1.95. The van der Waals surface area contributed by atoms with Gasteiger partial charge in [-0.15, -0.1) is 0 Å². The lowest BCUT2D eigenvalue weighted by Crippen LogP contribution is -1.93. The van der Waals surface area contributed by atoms with Gasteiger partial charge in [0.2, 0.25) is 0 Å². The largest absolute Gasteiger partial charge is 0.481 e. The van der Waals surface area contributed by atoms with Crippen LogP contribution in [0.4, 0.5) is 0 Å². The number of carbonyl (C=O) groups is 1. The lowest BCUT2D eigenvalue weighted by atomic mass is 10.1. The minimum Gasteiger partial charge on any atom is -0.481 e. The van der Waals surface area contributed by atoms with E-state index in [1.54, 1.807) is 0 Å². The van der Waals surface area contributed by atoms with Crippen LogP contribution >= 0.6 is 11.8 Å². The van der Waals surface area contributed by atoms with E-state index >= 15 is 0 Å². The molecule has 0 aromatic rings. The molecule has 0 aliphatic rings. The molecule has 118 valence electrons. The summed E-state index contributed by atoms with van der Waals surface area (Å²) in [5, 5.41) is 8.51. The molecular formula is C17H32O2S. The lowest BCUT2D eigenvalue weighted by Gasteiger charge is -1.99. The first-order valence-electron chi connectivity index (χ1n) is 8.22. The second-order valence-corrected chi connectivity index (χ2v) is 6.50. The number of carboxylic acids is 1. The summed E-state index contributed by atoms with van der Waals surface area (Å²) in [6.45, 7) is 2.25. The van der Waals surface area contributed by atoms with Gasteiger partial charge in [-0.1, -0.05) is 51.2 Å². The van der Waals surface area contributed by atoms with Crippen molar-refractivity contribution in [3.05, 3.63) is 12.2 Å². The van der Waals surface area contributed by atoms with E-state index in [4.69, 9.17) is 5.11 Å². The Morgan fingerprint density at radius 3 is 2.35 bits per heavy atom. The molecule has 0 aliphatic carbocycles. The Morgan fingerprint density at radius 2 is 1.60 bits per heavy atom. The van der Waals surface area contributed by atoms with E-state index in [2.05, 4.69) is 30.8 Å². The lowest BCUT2D eigenvalue weighted by molar-refractivity contribution is -0.137. The molecule has 0 unspecified atom stereocenters. The van der Waals surface area contributed by atoms with Gasteiger partial charge < -0.3 is 5.11 Å². The van der Waals surface area contributed by atoms with Crippen molar-refractivity contribution in [3.63, 3.8) is 0 Å². The van der Waals surface area contributed by atoms with Crippen LogP contribution in [0, 0.1) is 0 Å². The zero-order valence-corrected chi connectivity index (χ0v) is 13.9. The first-order chi connectivity index (χ1) is 9.77. The highest BCUT2D eigenvalue weighted by Crippen LogP contribution is 2.09. The molecule has 0 spiro atoms. The van der Waals surface area contributed by atoms with Crippen molar-refractivity contribution in [3.8, 4) is 0 Å². The van der Waals surface area contributed by atoms with E-state index in [1.165, 1.54) is 62.9 Å². The summed E-state index contributed by atoms with van der Waals surface area (Å²) in [6, 6.07) is 0. The van der Waals surface area contributed by atoms with Crippen molar-refractivity contribution < 1.29 is 9.90 Å². The molecule has 0 bridgehead atoms. The molecule has 0 saturated heterocycles. The summed E-state index contributed by atoms with van der Waals surface area (Å²) >= 11 is 2.07. The van der Waals surface area contributed by atoms with Crippen LogP contribution in [-0.2, 0) is 4.79 Å². The van der Waals surface area contributed by atoms with E-state index in [-0.39, 0.29) is 0 Å². The van der Waals surface area contributed by atoms with Crippen LogP contribution in [0.5, 0.6) is 0 Å². The van der Waals surface area contributed by atoms with Crippen LogP contribution in [0.3, 0.4) is 0 Å². The molecule has 0 aliphatic heterocycles. The van der Waals surface area contributed by atoms with Crippen molar-refractivity contribution in [2.75, 3.05) is 11.5 Å². The Morgan fingerprint density at radius 1 is 0.900 bits per heavy atom. The molecule has 0 fully saturated rings. The first-order valence-corrected chi connectivity index (χ1v) is 9.37. The second-order valence-electron chi connectivity index (χ2n) is 5.28. The molecule has 2 nitrogen and oxygen atoms in total. The Labute approximate surface area is 129 Å². The molecule has 0 heterocycles. The Bertz CT molecular complexity index is 239. The van der Waals surface area contributed by atoms with Crippen LogP contribution in [0.1, 0.15) is 77.6 Å². The van der Waals surface area contributed by atoms with Crippen LogP contribution in [0.25, 0.3) is 0 Å². The van der Waals surface area contributed by atoms with Crippen molar-refractivity contribution >= 4 is 17.7 Å².